The predicted molar refractivity (Wildman–Crippen MR) is 80.7 cm³/mol. The molecule has 2 aromatic heterocycles. The number of benzene rings is 1. The highest BCUT2D eigenvalue weighted by atomic mass is 79.9. The zero-order valence-corrected chi connectivity index (χ0v) is 12.2. The molecule has 0 spiro atoms. The minimum absolute atomic E-state index is 0.277. The fourth-order valence-corrected chi connectivity index (χ4v) is 2.42. The summed E-state index contributed by atoms with van der Waals surface area (Å²) in [4.78, 5) is 16.5. The Labute approximate surface area is 123 Å². The lowest BCUT2D eigenvalue weighted by molar-refractivity contribution is 0.102. The monoisotopic (exact) mass is 330 g/mol. The molecule has 3 aromatic rings. The van der Waals surface area contributed by atoms with Crippen molar-refractivity contribution in [2.24, 2.45) is 0 Å². The van der Waals surface area contributed by atoms with Gasteiger partial charge < -0.3 is 5.32 Å². The molecule has 0 saturated carbocycles. The summed E-state index contributed by atoms with van der Waals surface area (Å²) < 4.78 is 0.873. The van der Waals surface area contributed by atoms with Crippen molar-refractivity contribution in [3.05, 3.63) is 52.3 Å². The Balaban J connectivity index is 1.93. The molecule has 100 valence electrons. The summed E-state index contributed by atoms with van der Waals surface area (Å²) in [5, 5.41) is 10.5. The molecule has 6 heteroatoms. The summed E-state index contributed by atoms with van der Waals surface area (Å²) in [6.07, 6.45) is 1.64. The van der Waals surface area contributed by atoms with Gasteiger partial charge in [0, 0.05) is 16.1 Å². The van der Waals surface area contributed by atoms with Crippen LogP contribution < -0.4 is 5.32 Å². The number of aromatic amines is 1. The fraction of sp³-hybridized carbons (Fsp3) is 0.0714. The Kier molecular flexibility index (Phi) is 3.23. The zero-order chi connectivity index (χ0) is 14.1. The molecule has 0 unspecified atom stereocenters. The highest BCUT2D eigenvalue weighted by Crippen LogP contribution is 2.19. The van der Waals surface area contributed by atoms with Gasteiger partial charge in [-0.15, -0.1) is 0 Å². The van der Waals surface area contributed by atoms with Crippen molar-refractivity contribution in [3.8, 4) is 0 Å². The van der Waals surface area contributed by atoms with Crippen LogP contribution >= 0.6 is 15.9 Å². The molecule has 0 radical (unpaired) electrons. The lowest BCUT2D eigenvalue weighted by Gasteiger charge is -2.06. The standard InChI is InChI=1S/C14H11BrN4O/c1-8-6-9(15)7-16-13(8)17-14(20)12-10-4-2-3-5-11(10)18-19-12/h2-7H,1H3,(H,18,19)(H,16,17,20). The lowest BCUT2D eigenvalue weighted by atomic mass is 10.2. The summed E-state index contributed by atoms with van der Waals surface area (Å²) in [6.45, 7) is 1.88. The van der Waals surface area contributed by atoms with Gasteiger partial charge in [0.15, 0.2) is 5.69 Å². The molecular weight excluding hydrogens is 320 g/mol. The van der Waals surface area contributed by atoms with Gasteiger partial charge in [-0.3, -0.25) is 9.89 Å². The van der Waals surface area contributed by atoms with Crippen LogP contribution in [0.3, 0.4) is 0 Å². The number of fused-ring (bicyclic) bond motifs is 1. The van der Waals surface area contributed by atoms with Gasteiger partial charge in [0.05, 0.1) is 5.52 Å². The first-order chi connectivity index (χ1) is 9.65. The van der Waals surface area contributed by atoms with E-state index in [1.807, 2.05) is 37.3 Å². The molecule has 0 aliphatic heterocycles. The van der Waals surface area contributed by atoms with Crippen molar-refractivity contribution in [3.63, 3.8) is 0 Å². The SMILES string of the molecule is Cc1cc(Br)cnc1NC(=O)c1n[nH]c2ccccc12. The van der Waals surface area contributed by atoms with Gasteiger partial charge in [-0.1, -0.05) is 18.2 Å². The maximum absolute atomic E-state index is 12.3. The van der Waals surface area contributed by atoms with Crippen LogP contribution in [-0.2, 0) is 0 Å². The van der Waals surface area contributed by atoms with Crippen LogP contribution in [0, 0.1) is 6.92 Å². The molecule has 0 bridgehead atoms. The van der Waals surface area contributed by atoms with Gasteiger partial charge >= 0.3 is 0 Å². The highest BCUT2D eigenvalue weighted by Gasteiger charge is 2.15. The Bertz CT molecular complexity index is 797. The third-order valence-corrected chi connectivity index (χ3v) is 3.40. The van der Waals surface area contributed by atoms with Crippen LogP contribution in [0.2, 0.25) is 0 Å². The number of H-pyrrole nitrogens is 1. The quantitative estimate of drug-likeness (QED) is 0.757. The summed E-state index contributed by atoms with van der Waals surface area (Å²) in [7, 11) is 0. The van der Waals surface area contributed by atoms with E-state index < -0.39 is 0 Å². The molecular formula is C14H11BrN4O. The van der Waals surface area contributed by atoms with Crippen LogP contribution in [0.5, 0.6) is 0 Å². The van der Waals surface area contributed by atoms with Gasteiger partial charge in [-0.05, 0) is 40.5 Å². The number of aryl methyl sites for hydroxylation is 1. The molecule has 5 nitrogen and oxygen atoms in total. The molecule has 0 fully saturated rings. The van der Waals surface area contributed by atoms with E-state index in [0.29, 0.717) is 11.5 Å². The molecule has 1 aromatic carbocycles. The van der Waals surface area contributed by atoms with E-state index in [4.69, 9.17) is 0 Å². The average Bonchev–Trinajstić information content (AvgIpc) is 2.86. The first-order valence-electron chi connectivity index (χ1n) is 6.02. The van der Waals surface area contributed by atoms with Crippen molar-refractivity contribution in [2.45, 2.75) is 6.92 Å². The average molecular weight is 331 g/mol. The Hall–Kier alpha value is -2.21. The van der Waals surface area contributed by atoms with Gasteiger partial charge in [-0.25, -0.2) is 4.98 Å². The number of hydrogen-bond acceptors (Lipinski definition) is 3. The second-order valence-electron chi connectivity index (χ2n) is 4.39. The van der Waals surface area contributed by atoms with Crippen LogP contribution in [0.25, 0.3) is 10.9 Å². The minimum atomic E-state index is -0.277. The number of hydrogen-bond donors (Lipinski definition) is 2. The maximum Gasteiger partial charge on any atom is 0.277 e. The van der Waals surface area contributed by atoms with Crippen molar-refractivity contribution in [2.75, 3.05) is 5.32 Å². The number of amides is 1. The molecule has 2 heterocycles. The summed E-state index contributed by atoms with van der Waals surface area (Å²) in [5.41, 5.74) is 2.08. The van der Waals surface area contributed by atoms with E-state index in [9.17, 15) is 4.79 Å². The third-order valence-electron chi connectivity index (χ3n) is 2.96. The third kappa shape index (κ3) is 2.30. The summed E-state index contributed by atoms with van der Waals surface area (Å²) >= 11 is 3.34. The molecule has 0 aliphatic rings. The second kappa shape index (κ2) is 5.05. The molecule has 1 amide bonds. The van der Waals surface area contributed by atoms with Crippen LogP contribution in [-0.4, -0.2) is 21.1 Å². The zero-order valence-electron chi connectivity index (χ0n) is 10.6. The molecule has 20 heavy (non-hydrogen) atoms. The van der Waals surface area contributed by atoms with Crippen molar-refractivity contribution in [1.82, 2.24) is 15.2 Å². The largest absolute Gasteiger partial charge is 0.305 e. The van der Waals surface area contributed by atoms with Gasteiger partial charge in [-0.2, -0.15) is 5.10 Å². The number of nitrogens with one attached hydrogen (secondary N) is 2. The van der Waals surface area contributed by atoms with Crippen molar-refractivity contribution >= 4 is 38.6 Å². The molecule has 2 N–H and O–H groups in total. The maximum atomic E-state index is 12.3. The predicted octanol–water partition coefficient (Wildman–Crippen LogP) is 3.28. The Morgan fingerprint density at radius 1 is 1.35 bits per heavy atom. The lowest BCUT2D eigenvalue weighted by Crippen LogP contribution is -2.14. The number of carbonyl (C=O) groups excluding carboxylic acids is 1. The molecule has 0 aliphatic carbocycles. The van der Waals surface area contributed by atoms with Gasteiger partial charge in [0.1, 0.15) is 5.82 Å². The van der Waals surface area contributed by atoms with E-state index in [0.717, 1.165) is 20.9 Å². The Morgan fingerprint density at radius 2 is 2.15 bits per heavy atom. The number of nitrogens with zero attached hydrogens (tertiary/aromatic N) is 2. The van der Waals surface area contributed by atoms with E-state index in [2.05, 4.69) is 36.4 Å². The van der Waals surface area contributed by atoms with E-state index >= 15 is 0 Å². The van der Waals surface area contributed by atoms with E-state index in [1.54, 1.807) is 6.20 Å². The van der Waals surface area contributed by atoms with Gasteiger partial charge in [0.2, 0.25) is 0 Å². The summed E-state index contributed by atoms with van der Waals surface area (Å²) in [6, 6.07) is 9.39. The first-order valence-corrected chi connectivity index (χ1v) is 6.81. The highest BCUT2D eigenvalue weighted by molar-refractivity contribution is 9.10. The molecule has 0 atom stereocenters. The van der Waals surface area contributed by atoms with Crippen molar-refractivity contribution in [1.29, 1.82) is 0 Å². The number of halogens is 1. The molecule has 0 saturated heterocycles. The number of para-hydroxylation sites is 1. The summed E-state index contributed by atoms with van der Waals surface area (Å²) in [5.74, 6) is 0.255. The topological polar surface area (TPSA) is 70.7 Å². The number of rotatable bonds is 2. The normalized spacial score (nSPS) is 10.7. The van der Waals surface area contributed by atoms with E-state index in [1.165, 1.54) is 0 Å². The van der Waals surface area contributed by atoms with Crippen LogP contribution in [0.15, 0.2) is 41.0 Å². The molecule has 3 rings (SSSR count). The smallest absolute Gasteiger partial charge is 0.277 e. The van der Waals surface area contributed by atoms with Crippen LogP contribution in [0.4, 0.5) is 5.82 Å². The number of pyridine rings is 1. The number of anilines is 1. The van der Waals surface area contributed by atoms with E-state index in [-0.39, 0.29) is 5.91 Å². The number of carbonyl (C=O) groups is 1. The van der Waals surface area contributed by atoms with Gasteiger partial charge in [0.25, 0.3) is 5.91 Å². The number of aromatic nitrogens is 3. The fourth-order valence-electron chi connectivity index (χ4n) is 1.97. The first kappa shape index (κ1) is 12.8. The van der Waals surface area contributed by atoms with Crippen LogP contribution in [0.1, 0.15) is 16.1 Å². The minimum Gasteiger partial charge on any atom is -0.305 e. The van der Waals surface area contributed by atoms with Crippen molar-refractivity contribution < 1.29 is 4.79 Å². The second-order valence-corrected chi connectivity index (χ2v) is 5.31. The Morgan fingerprint density at radius 3 is 2.95 bits per heavy atom.